The number of methoxy groups -OCH3 is 1. The van der Waals surface area contributed by atoms with Gasteiger partial charge >= 0.3 is 0 Å². The third-order valence-electron chi connectivity index (χ3n) is 3.61. The van der Waals surface area contributed by atoms with E-state index in [1.54, 1.807) is 30.3 Å². The Kier molecular flexibility index (Phi) is 4.31. The van der Waals surface area contributed by atoms with Gasteiger partial charge in [0.25, 0.3) is 11.8 Å². The highest BCUT2D eigenvalue weighted by atomic mass is 35.5. The average Bonchev–Trinajstić information content (AvgIpc) is 2.57. The Hall–Kier alpha value is -2.73. The average molecular weight is 347 g/mol. The van der Waals surface area contributed by atoms with E-state index < -0.39 is 0 Å². The Bertz CT molecular complexity index is 836. The van der Waals surface area contributed by atoms with Crippen LogP contribution in [0.25, 0.3) is 0 Å². The van der Waals surface area contributed by atoms with Crippen molar-refractivity contribution in [2.75, 3.05) is 24.4 Å². The van der Waals surface area contributed by atoms with Gasteiger partial charge in [0.2, 0.25) is 0 Å². The first-order valence-corrected chi connectivity index (χ1v) is 7.58. The van der Waals surface area contributed by atoms with Crippen LogP contribution in [0, 0.1) is 6.92 Å². The molecule has 24 heavy (non-hydrogen) atoms. The van der Waals surface area contributed by atoms with Gasteiger partial charge in [-0.1, -0.05) is 17.7 Å². The van der Waals surface area contributed by atoms with Crippen LogP contribution in [0.15, 0.2) is 30.3 Å². The third-order valence-corrected chi connectivity index (χ3v) is 4.02. The molecule has 0 aromatic heterocycles. The molecule has 2 N–H and O–H groups in total. The minimum atomic E-state index is -0.372. The van der Waals surface area contributed by atoms with Crippen LogP contribution in [0.4, 0.5) is 11.4 Å². The first-order chi connectivity index (χ1) is 11.5. The molecule has 0 unspecified atom stereocenters. The zero-order valence-electron chi connectivity index (χ0n) is 13.1. The van der Waals surface area contributed by atoms with E-state index in [1.807, 2.05) is 6.92 Å². The maximum Gasteiger partial charge on any atom is 0.262 e. The summed E-state index contributed by atoms with van der Waals surface area (Å²) in [6.45, 7) is 1.71. The van der Waals surface area contributed by atoms with Crippen molar-refractivity contribution < 1.29 is 19.1 Å². The number of amides is 2. The van der Waals surface area contributed by atoms with Crippen LogP contribution >= 0.6 is 11.6 Å². The van der Waals surface area contributed by atoms with Crippen molar-refractivity contribution in [3.05, 3.63) is 46.5 Å². The lowest BCUT2D eigenvalue weighted by molar-refractivity contribution is -0.118. The molecular weight excluding hydrogens is 332 g/mol. The monoisotopic (exact) mass is 346 g/mol. The molecule has 3 rings (SSSR count). The number of hydrogen-bond donors (Lipinski definition) is 2. The highest BCUT2D eigenvalue weighted by Gasteiger charge is 2.23. The van der Waals surface area contributed by atoms with Crippen molar-refractivity contribution in [1.82, 2.24) is 0 Å². The number of aryl methyl sites for hydroxylation is 1. The minimum Gasteiger partial charge on any atom is -0.495 e. The van der Waals surface area contributed by atoms with E-state index in [1.165, 1.54) is 7.11 Å². The molecular formula is C17H15ClN2O4. The summed E-state index contributed by atoms with van der Waals surface area (Å²) in [6.07, 6.45) is 0. The second-order valence-electron chi connectivity index (χ2n) is 5.27. The van der Waals surface area contributed by atoms with Crippen LogP contribution in [0.5, 0.6) is 11.5 Å². The van der Waals surface area contributed by atoms with Gasteiger partial charge in [-0.05, 0) is 30.7 Å². The van der Waals surface area contributed by atoms with E-state index in [0.717, 1.165) is 5.56 Å². The van der Waals surface area contributed by atoms with Crippen LogP contribution < -0.4 is 20.1 Å². The summed E-state index contributed by atoms with van der Waals surface area (Å²) >= 11 is 6.07. The maximum atomic E-state index is 12.6. The summed E-state index contributed by atoms with van der Waals surface area (Å²) in [7, 11) is 1.50. The molecule has 2 amide bonds. The van der Waals surface area contributed by atoms with Gasteiger partial charge in [0.05, 0.1) is 24.0 Å². The highest BCUT2D eigenvalue weighted by Crippen LogP contribution is 2.34. The first kappa shape index (κ1) is 16.1. The molecule has 0 fully saturated rings. The molecule has 2 aromatic carbocycles. The molecule has 6 nitrogen and oxygen atoms in total. The van der Waals surface area contributed by atoms with E-state index in [-0.39, 0.29) is 18.4 Å². The Labute approximate surface area is 143 Å². The van der Waals surface area contributed by atoms with E-state index in [0.29, 0.717) is 33.5 Å². The fourth-order valence-electron chi connectivity index (χ4n) is 2.41. The number of ether oxygens (including phenoxy) is 2. The lowest BCUT2D eigenvalue weighted by Gasteiger charge is -2.20. The molecule has 0 saturated carbocycles. The van der Waals surface area contributed by atoms with Gasteiger partial charge in [-0.2, -0.15) is 0 Å². The zero-order chi connectivity index (χ0) is 17.3. The van der Waals surface area contributed by atoms with Crippen LogP contribution in [0.1, 0.15) is 15.9 Å². The Balaban J connectivity index is 1.93. The maximum absolute atomic E-state index is 12.6. The van der Waals surface area contributed by atoms with Crippen molar-refractivity contribution in [3.8, 4) is 11.5 Å². The number of rotatable bonds is 3. The molecule has 0 radical (unpaired) electrons. The lowest BCUT2D eigenvalue weighted by atomic mass is 10.1. The van der Waals surface area contributed by atoms with Gasteiger partial charge in [0.1, 0.15) is 5.75 Å². The number of benzene rings is 2. The largest absolute Gasteiger partial charge is 0.495 e. The summed E-state index contributed by atoms with van der Waals surface area (Å²) in [5.74, 6) is 0.176. The van der Waals surface area contributed by atoms with Crippen LogP contribution in [-0.2, 0) is 4.79 Å². The molecule has 0 aliphatic carbocycles. The van der Waals surface area contributed by atoms with Crippen molar-refractivity contribution >= 4 is 34.8 Å². The fourth-order valence-corrected chi connectivity index (χ4v) is 2.57. The number of nitrogens with one attached hydrogen (secondary N) is 2. The first-order valence-electron chi connectivity index (χ1n) is 7.20. The second-order valence-corrected chi connectivity index (χ2v) is 5.68. The van der Waals surface area contributed by atoms with E-state index in [2.05, 4.69) is 10.6 Å². The Morgan fingerprint density at radius 2 is 2.17 bits per heavy atom. The van der Waals surface area contributed by atoms with Crippen molar-refractivity contribution in [2.45, 2.75) is 6.92 Å². The van der Waals surface area contributed by atoms with Gasteiger partial charge in [0.15, 0.2) is 12.4 Å². The lowest BCUT2D eigenvalue weighted by Crippen LogP contribution is -2.27. The van der Waals surface area contributed by atoms with Crippen molar-refractivity contribution in [1.29, 1.82) is 0 Å². The number of para-hydroxylation sites is 1. The molecule has 0 saturated heterocycles. The van der Waals surface area contributed by atoms with Gasteiger partial charge < -0.3 is 20.1 Å². The SMILES string of the molecule is COc1cc(Cl)c(C)cc1NC(=O)c1cccc2c1OCC(=O)N2. The number of carbonyl (C=O) groups is 2. The standard InChI is InChI=1S/C17H15ClN2O4/c1-9-6-13(14(23-2)7-11(9)18)20-17(22)10-4-3-5-12-16(10)24-8-15(21)19-12/h3-7H,8H2,1-2H3,(H,19,21)(H,20,22). The number of anilines is 2. The molecule has 0 bridgehead atoms. The summed E-state index contributed by atoms with van der Waals surface area (Å²) in [4.78, 5) is 24.0. The number of hydrogen-bond acceptors (Lipinski definition) is 4. The Morgan fingerprint density at radius 1 is 1.38 bits per heavy atom. The normalized spacial score (nSPS) is 12.7. The van der Waals surface area contributed by atoms with Gasteiger partial charge in [-0.3, -0.25) is 9.59 Å². The minimum absolute atomic E-state index is 0.124. The molecule has 7 heteroatoms. The van der Waals surface area contributed by atoms with Gasteiger partial charge in [-0.15, -0.1) is 0 Å². The quantitative estimate of drug-likeness (QED) is 0.894. The summed E-state index contributed by atoms with van der Waals surface area (Å²) in [5.41, 5.74) is 2.11. The summed E-state index contributed by atoms with van der Waals surface area (Å²) < 4.78 is 10.7. The summed E-state index contributed by atoms with van der Waals surface area (Å²) in [6, 6.07) is 8.35. The van der Waals surface area contributed by atoms with Crippen LogP contribution in [0.2, 0.25) is 5.02 Å². The molecule has 0 atom stereocenters. The molecule has 0 spiro atoms. The molecule has 1 heterocycles. The number of fused-ring (bicyclic) bond motifs is 1. The van der Waals surface area contributed by atoms with Crippen molar-refractivity contribution in [2.24, 2.45) is 0 Å². The highest BCUT2D eigenvalue weighted by molar-refractivity contribution is 6.31. The molecule has 1 aliphatic heterocycles. The van der Waals surface area contributed by atoms with E-state index in [4.69, 9.17) is 21.1 Å². The van der Waals surface area contributed by atoms with Crippen LogP contribution in [0.3, 0.4) is 0 Å². The molecule has 124 valence electrons. The van der Waals surface area contributed by atoms with Crippen molar-refractivity contribution in [3.63, 3.8) is 0 Å². The molecule has 1 aliphatic rings. The third kappa shape index (κ3) is 3.00. The van der Waals surface area contributed by atoms with Gasteiger partial charge in [-0.25, -0.2) is 0 Å². The van der Waals surface area contributed by atoms with Crippen LogP contribution in [-0.4, -0.2) is 25.5 Å². The Morgan fingerprint density at radius 3 is 2.92 bits per heavy atom. The number of halogens is 1. The fraction of sp³-hybridized carbons (Fsp3) is 0.176. The second kappa shape index (κ2) is 6.41. The summed E-state index contributed by atoms with van der Waals surface area (Å²) in [5, 5.41) is 6.01. The van der Waals surface area contributed by atoms with E-state index >= 15 is 0 Å². The predicted octanol–water partition coefficient (Wildman–Crippen LogP) is 3.24. The van der Waals surface area contributed by atoms with Gasteiger partial charge in [0, 0.05) is 11.1 Å². The predicted molar refractivity (Wildman–Crippen MR) is 91.3 cm³/mol. The topological polar surface area (TPSA) is 76.7 Å². The number of carbonyl (C=O) groups excluding carboxylic acids is 2. The molecule has 2 aromatic rings. The zero-order valence-corrected chi connectivity index (χ0v) is 13.9. The van der Waals surface area contributed by atoms with E-state index in [9.17, 15) is 9.59 Å². The smallest absolute Gasteiger partial charge is 0.262 e.